The van der Waals surface area contributed by atoms with Gasteiger partial charge in [-0.3, -0.25) is 4.79 Å². The summed E-state index contributed by atoms with van der Waals surface area (Å²) in [5, 5.41) is 1.16. The number of unbranched alkanes of at least 4 members (excludes halogenated alkanes) is 1. The molecule has 0 aliphatic carbocycles. The molecule has 0 aliphatic rings. The van der Waals surface area contributed by atoms with E-state index in [1.54, 1.807) is 16.2 Å². The van der Waals surface area contributed by atoms with E-state index in [-0.39, 0.29) is 5.91 Å². The number of aryl methyl sites for hydroxylation is 2. The van der Waals surface area contributed by atoms with Gasteiger partial charge in [0.1, 0.15) is 12.4 Å². The van der Waals surface area contributed by atoms with Crippen LogP contribution in [0.25, 0.3) is 10.2 Å². The molecule has 0 bridgehead atoms. The van der Waals surface area contributed by atoms with E-state index in [2.05, 4.69) is 11.1 Å². The van der Waals surface area contributed by atoms with Crippen LogP contribution in [0.3, 0.4) is 0 Å². The maximum absolute atomic E-state index is 12.3. The Morgan fingerprint density at radius 2 is 1.89 bits per heavy atom. The van der Waals surface area contributed by atoms with Crippen LogP contribution in [0.1, 0.15) is 29.8 Å². The van der Waals surface area contributed by atoms with Gasteiger partial charge in [-0.1, -0.05) is 30.3 Å². The van der Waals surface area contributed by atoms with E-state index in [4.69, 9.17) is 4.74 Å². The summed E-state index contributed by atoms with van der Waals surface area (Å²) >= 11 is 1.75. The largest absolute Gasteiger partial charge is 0.491 e. The molecule has 0 saturated carbocycles. The second-order valence-corrected chi connectivity index (χ2v) is 7.83. The number of hydrogen-bond acceptors (Lipinski definition) is 4. The zero-order valence-corrected chi connectivity index (χ0v) is 16.8. The van der Waals surface area contributed by atoms with Crippen LogP contribution >= 0.6 is 11.3 Å². The van der Waals surface area contributed by atoms with Gasteiger partial charge in [0.2, 0.25) is 5.91 Å². The first kappa shape index (κ1) is 19.4. The Kier molecular flexibility index (Phi) is 6.82. The molecule has 3 rings (SSSR count). The van der Waals surface area contributed by atoms with Crippen LogP contribution < -0.4 is 4.74 Å². The number of hydrogen-bond donors (Lipinski definition) is 0. The standard InChI is InChI=1S/C22H26N2O2S/c1-17-9-3-5-11-19(17)26-16-15-24(2)22(25)14-8-7-13-21-23-18-10-4-6-12-20(18)27-21/h3-6,9-12H,7-8,13-16H2,1-2H3. The Morgan fingerprint density at radius 3 is 2.70 bits per heavy atom. The van der Waals surface area contributed by atoms with Gasteiger partial charge in [-0.2, -0.15) is 0 Å². The zero-order chi connectivity index (χ0) is 19.1. The molecular weight excluding hydrogens is 356 g/mol. The Morgan fingerprint density at radius 1 is 1.11 bits per heavy atom. The maximum atomic E-state index is 12.3. The Labute approximate surface area is 164 Å². The van der Waals surface area contributed by atoms with Crippen molar-refractivity contribution in [1.29, 1.82) is 0 Å². The quantitative estimate of drug-likeness (QED) is 0.497. The van der Waals surface area contributed by atoms with E-state index in [0.29, 0.717) is 19.6 Å². The molecule has 0 radical (unpaired) electrons. The molecule has 1 aromatic heterocycles. The Balaban J connectivity index is 1.34. The van der Waals surface area contributed by atoms with E-state index in [1.165, 1.54) is 4.70 Å². The number of amides is 1. The summed E-state index contributed by atoms with van der Waals surface area (Å²) in [4.78, 5) is 18.7. The highest BCUT2D eigenvalue weighted by molar-refractivity contribution is 7.18. The highest BCUT2D eigenvalue weighted by atomic mass is 32.1. The number of rotatable bonds is 9. The van der Waals surface area contributed by atoms with Crippen molar-refractivity contribution in [3.63, 3.8) is 0 Å². The van der Waals surface area contributed by atoms with E-state index >= 15 is 0 Å². The van der Waals surface area contributed by atoms with Gasteiger partial charge in [0.05, 0.1) is 21.8 Å². The van der Waals surface area contributed by atoms with E-state index in [9.17, 15) is 4.79 Å². The minimum atomic E-state index is 0.174. The molecular formula is C22H26N2O2S. The first-order valence-electron chi connectivity index (χ1n) is 9.40. The molecule has 4 nitrogen and oxygen atoms in total. The second kappa shape index (κ2) is 9.51. The van der Waals surface area contributed by atoms with E-state index in [1.807, 2.05) is 56.4 Å². The summed E-state index contributed by atoms with van der Waals surface area (Å²) in [5.74, 6) is 1.06. The number of fused-ring (bicyclic) bond motifs is 1. The normalized spacial score (nSPS) is 10.9. The van der Waals surface area contributed by atoms with Crippen molar-refractivity contribution in [2.24, 2.45) is 0 Å². The van der Waals surface area contributed by atoms with Gasteiger partial charge in [-0.15, -0.1) is 11.3 Å². The molecule has 0 spiro atoms. The molecule has 1 amide bonds. The minimum absolute atomic E-state index is 0.174. The van der Waals surface area contributed by atoms with Gasteiger partial charge >= 0.3 is 0 Å². The van der Waals surface area contributed by atoms with Crippen molar-refractivity contribution in [3.8, 4) is 5.75 Å². The lowest BCUT2D eigenvalue weighted by atomic mass is 10.2. The highest BCUT2D eigenvalue weighted by Crippen LogP contribution is 2.23. The summed E-state index contributed by atoms with van der Waals surface area (Å²) < 4.78 is 7.00. The number of carbonyl (C=O) groups is 1. The molecule has 2 aromatic carbocycles. The molecule has 1 heterocycles. The van der Waals surface area contributed by atoms with Crippen LogP contribution in [0, 0.1) is 6.92 Å². The van der Waals surface area contributed by atoms with Gasteiger partial charge in [-0.25, -0.2) is 4.98 Å². The fourth-order valence-electron chi connectivity index (χ4n) is 2.91. The van der Waals surface area contributed by atoms with Crippen LogP contribution in [-0.4, -0.2) is 36.0 Å². The third kappa shape index (κ3) is 5.54. The third-order valence-electron chi connectivity index (χ3n) is 4.57. The number of thiazole rings is 1. The lowest BCUT2D eigenvalue weighted by Gasteiger charge is -2.18. The van der Waals surface area contributed by atoms with Crippen molar-refractivity contribution < 1.29 is 9.53 Å². The van der Waals surface area contributed by atoms with E-state index < -0.39 is 0 Å². The van der Waals surface area contributed by atoms with Gasteiger partial charge < -0.3 is 9.64 Å². The molecule has 0 N–H and O–H groups in total. The molecule has 142 valence electrons. The van der Waals surface area contributed by atoms with Gasteiger partial charge in [-0.05, 0) is 49.9 Å². The Bertz CT molecular complexity index is 858. The van der Waals surface area contributed by atoms with Gasteiger partial charge in [0.15, 0.2) is 0 Å². The minimum Gasteiger partial charge on any atom is -0.491 e. The lowest BCUT2D eigenvalue weighted by molar-refractivity contribution is -0.130. The van der Waals surface area contributed by atoms with Crippen molar-refractivity contribution in [1.82, 2.24) is 9.88 Å². The van der Waals surface area contributed by atoms with Crippen LogP contribution in [0.5, 0.6) is 5.75 Å². The van der Waals surface area contributed by atoms with Crippen molar-refractivity contribution in [2.45, 2.75) is 32.6 Å². The topological polar surface area (TPSA) is 42.4 Å². The monoisotopic (exact) mass is 382 g/mol. The average Bonchev–Trinajstić information content (AvgIpc) is 3.09. The van der Waals surface area contributed by atoms with Crippen LogP contribution in [0.4, 0.5) is 0 Å². The number of aromatic nitrogens is 1. The third-order valence-corrected chi connectivity index (χ3v) is 5.67. The molecule has 3 aromatic rings. The van der Waals surface area contributed by atoms with Gasteiger partial charge in [0.25, 0.3) is 0 Å². The second-order valence-electron chi connectivity index (χ2n) is 6.71. The molecule has 27 heavy (non-hydrogen) atoms. The molecule has 5 heteroatoms. The zero-order valence-electron chi connectivity index (χ0n) is 16.0. The highest BCUT2D eigenvalue weighted by Gasteiger charge is 2.09. The molecule has 0 atom stereocenters. The molecule has 0 saturated heterocycles. The number of para-hydroxylation sites is 2. The summed E-state index contributed by atoms with van der Waals surface area (Å²) in [5.41, 5.74) is 2.18. The first-order valence-corrected chi connectivity index (χ1v) is 10.2. The first-order chi connectivity index (χ1) is 13.1. The summed E-state index contributed by atoms with van der Waals surface area (Å²) in [7, 11) is 1.84. The van der Waals surface area contributed by atoms with Crippen LogP contribution in [0.2, 0.25) is 0 Å². The smallest absolute Gasteiger partial charge is 0.222 e. The summed E-state index contributed by atoms with van der Waals surface area (Å²) in [6, 6.07) is 16.1. The molecule has 0 aliphatic heterocycles. The number of likely N-dealkylation sites (N-methyl/N-ethyl adjacent to an activating group) is 1. The number of carbonyl (C=O) groups excluding carboxylic acids is 1. The maximum Gasteiger partial charge on any atom is 0.222 e. The SMILES string of the molecule is Cc1ccccc1OCCN(C)C(=O)CCCCc1nc2ccccc2s1. The van der Waals surface area contributed by atoms with Crippen molar-refractivity contribution >= 4 is 27.5 Å². The predicted molar refractivity (Wildman–Crippen MR) is 111 cm³/mol. The number of nitrogens with zero attached hydrogens (tertiary/aromatic N) is 2. The summed E-state index contributed by atoms with van der Waals surface area (Å²) in [6.07, 6.45) is 3.38. The fraction of sp³-hybridized carbons (Fsp3) is 0.364. The predicted octanol–water partition coefficient (Wildman–Crippen LogP) is 4.85. The Hall–Kier alpha value is -2.40. The molecule has 0 fully saturated rings. The van der Waals surface area contributed by atoms with Crippen molar-refractivity contribution in [3.05, 3.63) is 59.1 Å². The van der Waals surface area contributed by atoms with Gasteiger partial charge in [0, 0.05) is 13.5 Å². The lowest BCUT2D eigenvalue weighted by Crippen LogP contribution is -2.30. The van der Waals surface area contributed by atoms with Crippen molar-refractivity contribution in [2.75, 3.05) is 20.2 Å². The average molecular weight is 383 g/mol. The van der Waals surface area contributed by atoms with Crippen LogP contribution in [0.15, 0.2) is 48.5 Å². The van der Waals surface area contributed by atoms with Crippen LogP contribution in [-0.2, 0) is 11.2 Å². The van der Waals surface area contributed by atoms with E-state index in [0.717, 1.165) is 41.1 Å². The molecule has 0 unspecified atom stereocenters. The number of benzene rings is 2. The number of ether oxygens (including phenoxy) is 1. The summed E-state index contributed by atoms with van der Waals surface area (Å²) in [6.45, 7) is 3.14. The fourth-order valence-corrected chi connectivity index (χ4v) is 3.91.